The Morgan fingerprint density at radius 2 is 0.696 bits per heavy atom. The summed E-state index contributed by atoms with van der Waals surface area (Å²) < 4.78 is 1.33. The lowest BCUT2D eigenvalue weighted by atomic mass is 10.0. The topological polar surface area (TPSA) is 0 Å². The van der Waals surface area contributed by atoms with Gasteiger partial charge in [0.15, 0.2) is 0 Å². The highest BCUT2D eigenvalue weighted by molar-refractivity contribution is 4.50. The number of nitrogens with zero attached hydrogens (tertiary/aromatic N) is 1. The largest absolute Gasteiger partial charge is 0.324 e. The Hall–Kier alpha value is -0.0400. The molecule has 1 nitrogen and oxygen atoms in total. The molecule has 0 heterocycles. The Bertz CT molecular complexity index is 212. The monoisotopic (exact) mass is 326 g/mol. The molecule has 0 amide bonds. The molecule has 1 heteroatoms. The van der Waals surface area contributed by atoms with E-state index < -0.39 is 0 Å². The predicted octanol–water partition coefficient (Wildman–Crippen LogP) is 7.34. The minimum atomic E-state index is 1.31. The maximum Gasteiger partial charge on any atom is 0.0786 e. The standard InChI is InChI=1S/C22H48N/c1-5-9-10-11-12-13-14-15-16-17-18-19-20-21-22-23(6-2,7-3)8-4/h5-22H2,1-4H3/q+1. The lowest BCUT2D eigenvalue weighted by Crippen LogP contribution is -2.48. The number of unbranched alkanes of at least 4 members (excludes halogenated alkanes) is 13. The quantitative estimate of drug-likeness (QED) is 0.182. The van der Waals surface area contributed by atoms with Gasteiger partial charge >= 0.3 is 0 Å². The van der Waals surface area contributed by atoms with Gasteiger partial charge in [-0.3, -0.25) is 0 Å². The summed E-state index contributed by atoms with van der Waals surface area (Å²) in [5, 5.41) is 0. The molecule has 23 heavy (non-hydrogen) atoms. The van der Waals surface area contributed by atoms with Crippen molar-refractivity contribution in [2.45, 2.75) is 118 Å². The molecule has 0 fully saturated rings. The Kier molecular flexibility index (Phi) is 16.8. The summed E-state index contributed by atoms with van der Waals surface area (Å²) in [6.07, 6.45) is 20.5. The zero-order chi connectivity index (χ0) is 17.2. The van der Waals surface area contributed by atoms with Crippen molar-refractivity contribution in [1.82, 2.24) is 0 Å². The molecule has 0 aromatic rings. The van der Waals surface area contributed by atoms with Crippen LogP contribution in [-0.4, -0.2) is 30.7 Å². The van der Waals surface area contributed by atoms with Gasteiger partial charge in [0.05, 0.1) is 26.2 Å². The Balaban J connectivity index is 3.25. The van der Waals surface area contributed by atoms with Gasteiger partial charge in [0.25, 0.3) is 0 Å². The van der Waals surface area contributed by atoms with Gasteiger partial charge in [-0.1, -0.05) is 84.0 Å². The summed E-state index contributed by atoms with van der Waals surface area (Å²) in [7, 11) is 0. The molecule has 0 aromatic carbocycles. The third kappa shape index (κ3) is 13.0. The van der Waals surface area contributed by atoms with Gasteiger partial charge < -0.3 is 4.48 Å². The SMILES string of the molecule is CCCCCCCCCCCCCCCC[N+](CC)(CC)CC. The van der Waals surface area contributed by atoms with E-state index >= 15 is 0 Å². The number of hydrogen-bond acceptors (Lipinski definition) is 0. The van der Waals surface area contributed by atoms with Crippen LogP contribution in [0.2, 0.25) is 0 Å². The van der Waals surface area contributed by atoms with Gasteiger partial charge in [-0.2, -0.15) is 0 Å². The Labute approximate surface area is 148 Å². The van der Waals surface area contributed by atoms with E-state index in [1.54, 1.807) is 0 Å². The van der Waals surface area contributed by atoms with Crippen LogP contribution < -0.4 is 0 Å². The van der Waals surface area contributed by atoms with Gasteiger partial charge in [-0.25, -0.2) is 0 Å². The van der Waals surface area contributed by atoms with Gasteiger partial charge in [0.1, 0.15) is 0 Å². The summed E-state index contributed by atoms with van der Waals surface area (Å²) in [5.41, 5.74) is 0. The van der Waals surface area contributed by atoms with E-state index in [-0.39, 0.29) is 0 Å². The molecule has 140 valence electrons. The molecule has 0 aromatic heterocycles. The summed E-state index contributed by atoms with van der Waals surface area (Å²) in [4.78, 5) is 0. The van der Waals surface area contributed by atoms with E-state index in [4.69, 9.17) is 0 Å². The van der Waals surface area contributed by atoms with Crippen molar-refractivity contribution < 1.29 is 4.48 Å². The van der Waals surface area contributed by atoms with Crippen molar-refractivity contribution in [2.24, 2.45) is 0 Å². The maximum absolute atomic E-state index is 2.36. The van der Waals surface area contributed by atoms with Crippen LogP contribution in [0, 0.1) is 0 Å². The van der Waals surface area contributed by atoms with Crippen LogP contribution in [0.5, 0.6) is 0 Å². The molecule has 0 aliphatic heterocycles. The minimum Gasteiger partial charge on any atom is -0.324 e. The lowest BCUT2D eigenvalue weighted by molar-refractivity contribution is -0.923. The van der Waals surface area contributed by atoms with Crippen LogP contribution in [0.3, 0.4) is 0 Å². The van der Waals surface area contributed by atoms with Crippen LogP contribution in [-0.2, 0) is 0 Å². The van der Waals surface area contributed by atoms with Gasteiger partial charge in [-0.15, -0.1) is 0 Å². The van der Waals surface area contributed by atoms with Gasteiger partial charge in [0, 0.05) is 0 Å². The van der Waals surface area contributed by atoms with E-state index in [1.165, 1.54) is 121 Å². The molecular weight excluding hydrogens is 278 g/mol. The van der Waals surface area contributed by atoms with E-state index in [0.717, 1.165) is 0 Å². The summed E-state index contributed by atoms with van der Waals surface area (Å²) >= 11 is 0. The normalized spacial score (nSPS) is 12.0. The fraction of sp³-hybridized carbons (Fsp3) is 1.00. The summed E-state index contributed by atoms with van der Waals surface area (Å²) in [6.45, 7) is 14.7. The first-order valence-corrected chi connectivity index (χ1v) is 11.1. The highest BCUT2D eigenvalue weighted by Crippen LogP contribution is 2.14. The lowest BCUT2D eigenvalue weighted by Gasteiger charge is -2.35. The second-order valence-electron chi connectivity index (χ2n) is 7.61. The molecule has 0 saturated carbocycles. The van der Waals surface area contributed by atoms with Gasteiger partial charge in [0.2, 0.25) is 0 Å². The molecule has 0 radical (unpaired) electrons. The molecule has 0 rings (SSSR count). The second kappa shape index (κ2) is 16.8. The Morgan fingerprint density at radius 1 is 0.391 bits per heavy atom. The van der Waals surface area contributed by atoms with Crippen LogP contribution in [0.25, 0.3) is 0 Å². The molecule has 0 aliphatic carbocycles. The third-order valence-corrected chi connectivity index (χ3v) is 6.00. The van der Waals surface area contributed by atoms with Crippen LogP contribution in [0.15, 0.2) is 0 Å². The fourth-order valence-electron chi connectivity index (χ4n) is 3.79. The van der Waals surface area contributed by atoms with Crippen molar-refractivity contribution in [3.8, 4) is 0 Å². The predicted molar refractivity (Wildman–Crippen MR) is 107 cm³/mol. The van der Waals surface area contributed by atoms with E-state index in [2.05, 4.69) is 27.7 Å². The van der Waals surface area contributed by atoms with E-state index in [1.807, 2.05) is 0 Å². The van der Waals surface area contributed by atoms with Gasteiger partial charge in [-0.05, 0) is 33.6 Å². The van der Waals surface area contributed by atoms with Crippen molar-refractivity contribution >= 4 is 0 Å². The first-order valence-electron chi connectivity index (χ1n) is 11.1. The van der Waals surface area contributed by atoms with E-state index in [9.17, 15) is 0 Å². The minimum absolute atomic E-state index is 1.31. The molecular formula is C22H48N+. The van der Waals surface area contributed by atoms with Crippen molar-refractivity contribution in [3.63, 3.8) is 0 Å². The first-order chi connectivity index (χ1) is 11.2. The molecule has 0 atom stereocenters. The second-order valence-corrected chi connectivity index (χ2v) is 7.61. The van der Waals surface area contributed by atoms with Crippen LogP contribution in [0.4, 0.5) is 0 Å². The van der Waals surface area contributed by atoms with Crippen molar-refractivity contribution in [3.05, 3.63) is 0 Å². The zero-order valence-corrected chi connectivity index (χ0v) is 17.2. The summed E-state index contributed by atoms with van der Waals surface area (Å²) in [5.74, 6) is 0. The molecule has 0 aliphatic rings. The average molecular weight is 327 g/mol. The first kappa shape index (κ1) is 23.0. The molecule has 0 saturated heterocycles. The molecule has 0 unspecified atom stereocenters. The van der Waals surface area contributed by atoms with E-state index in [0.29, 0.717) is 0 Å². The highest BCUT2D eigenvalue weighted by Gasteiger charge is 2.19. The fourth-order valence-corrected chi connectivity index (χ4v) is 3.79. The maximum atomic E-state index is 2.36. The highest BCUT2D eigenvalue weighted by atomic mass is 15.3. The van der Waals surface area contributed by atoms with Crippen LogP contribution >= 0.6 is 0 Å². The molecule has 0 bridgehead atoms. The summed E-state index contributed by atoms with van der Waals surface area (Å²) in [6, 6.07) is 0. The smallest absolute Gasteiger partial charge is 0.0786 e. The number of quaternary nitrogens is 1. The molecule has 0 spiro atoms. The zero-order valence-electron chi connectivity index (χ0n) is 17.2. The Morgan fingerprint density at radius 3 is 1.00 bits per heavy atom. The average Bonchev–Trinajstić information content (AvgIpc) is 2.59. The van der Waals surface area contributed by atoms with Crippen LogP contribution in [0.1, 0.15) is 118 Å². The van der Waals surface area contributed by atoms with Crippen molar-refractivity contribution in [1.29, 1.82) is 0 Å². The number of rotatable bonds is 18. The van der Waals surface area contributed by atoms with Crippen molar-refractivity contribution in [2.75, 3.05) is 26.2 Å². The third-order valence-electron chi connectivity index (χ3n) is 6.00. The molecule has 0 N–H and O–H groups in total. The number of hydrogen-bond donors (Lipinski definition) is 0.